The van der Waals surface area contributed by atoms with E-state index >= 15 is 0 Å². The first-order valence-electron chi connectivity index (χ1n) is 12.9. The molecule has 1 aromatic carbocycles. The number of aryl methyl sites for hydroxylation is 1. The predicted molar refractivity (Wildman–Crippen MR) is 146 cm³/mol. The summed E-state index contributed by atoms with van der Waals surface area (Å²) in [4.78, 5) is 40.9. The molecule has 200 valence electrons. The van der Waals surface area contributed by atoms with E-state index in [-0.39, 0.29) is 5.95 Å². The van der Waals surface area contributed by atoms with Crippen molar-refractivity contribution in [1.82, 2.24) is 19.9 Å². The molecule has 2 aliphatic rings. The molecule has 2 aromatic heterocycles. The number of benzene rings is 1. The number of nitrogens with one attached hydrogen (secondary N) is 1. The Morgan fingerprint density at radius 2 is 1.87 bits per heavy atom. The Hall–Kier alpha value is -4.19. The summed E-state index contributed by atoms with van der Waals surface area (Å²) >= 11 is 0. The monoisotopic (exact) mass is 519 g/mol. The second kappa shape index (κ2) is 11.1. The van der Waals surface area contributed by atoms with Crippen molar-refractivity contribution in [3.63, 3.8) is 0 Å². The van der Waals surface area contributed by atoms with Crippen LogP contribution in [0.5, 0.6) is 0 Å². The Labute approximate surface area is 221 Å². The van der Waals surface area contributed by atoms with E-state index < -0.39 is 6.09 Å². The minimum atomic E-state index is -0.583. The van der Waals surface area contributed by atoms with E-state index in [4.69, 9.17) is 25.3 Å². The number of morpholine rings is 1. The fraction of sp³-hybridized carbons (Fsp3) is 0.423. The summed E-state index contributed by atoms with van der Waals surface area (Å²) < 4.78 is 5.49. The molecule has 38 heavy (non-hydrogen) atoms. The van der Waals surface area contributed by atoms with E-state index in [1.807, 2.05) is 19.1 Å². The second-order valence-corrected chi connectivity index (χ2v) is 9.13. The molecule has 5 rings (SSSR count). The molecule has 12 nitrogen and oxygen atoms in total. The molecule has 1 saturated heterocycles. The van der Waals surface area contributed by atoms with E-state index in [0.717, 1.165) is 35.5 Å². The molecule has 0 radical (unpaired) electrons. The van der Waals surface area contributed by atoms with Crippen LogP contribution in [0.4, 0.5) is 33.9 Å². The summed E-state index contributed by atoms with van der Waals surface area (Å²) in [5.41, 5.74) is 10.8. The van der Waals surface area contributed by atoms with Gasteiger partial charge in [-0.3, -0.25) is 5.32 Å². The summed E-state index contributed by atoms with van der Waals surface area (Å²) in [7, 11) is 0. The lowest BCUT2D eigenvalue weighted by Gasteiger charge is -2.28. The number of amides is 1. The maximum absolute atomic E-state index is 13.0. The van der Waals surface area contributed by atoms with Crippen LogP contribution >= 0.6 is 0 Å². The molecule has 2 aliphatic heterocycles. The topological polar surface area (TPSA) is 135 Å². The zero-order valence-corrected chi connectivity index (χ0v) is 22.0. The van der Waals surface area contributed by atoms with E-state index in [1.165, 1.54) is 5.06 Å². The van der Waals surface area contributed by atoms with Gasteiger partial charge in [0.1, 0.15) is 0 Å². The fourth-order valence-electron chi connectivity index (χ4n) is 4.72. The number of hydrogen-bond donors (Lipinski definition) is 2. The van der Waals surface area contributed by atoms with Crippen LogP contribution in [0.3, 0.4) is 0 Å². The van der Waals surface area contributed by atoms with Crippen LogP contribution in [0.25, 0.3) is 11.3 Å². The number of ether oxygens (including phenoxy) is 1. The predicted octanol–water partition coefficient (Wildman–Crippen LogP) is 3.03. The molecule has 0 atom stereocenters. The smallest absolute Gasteiger partial charge is 0.378 e. The first kappa shape index (κ1) is 25.5. The van der Waals surface area contributed by atoms with Crippen molar-refractivity contribution in [2.45, 2.75) is 27.2 Å². The van der Waals surface area contributed by atoms with Crippen LogP contribution in [0, 0.1) is 6.92 Å². The number of hydroxylamine groups is 1. The van der Waals surface area contributed by atoms with Gasteiger partial charge in [-0.25, -0.2) is 19.7 Å². The quantitative estimate of drug-likeness (QED) is 0.477. The largest absolute Gasteiger partial charge is 0.436 e. The maximum Gasteiger partial charge on any atom is 0.436 e. The Balaban J connectivity index is 1.39. The van der Waals surface area contributed by atoms with Crippen LogP contribution in [0.2, 0.25) is 0 Å². The van der Waals surface area contributed by atoms with Crippen molar-refractivity contribution in [2.75, 3.05) is 71.9 Å². The number of nitrogens with two attached hydrogens (primary N) is 1. The highest BCUT2D eigenvalue weighted by Crippen LogP contribution is 2.35. The molecule has 0 unspecified atom stereocenters. The lowest BCUT2D eigenvalue weighted by atomic mass is 10.1. The number of aromatic nitrogens is 4. The first-order valence-corrected chi connectivity index (χ1v) is 12.9. The highest BCUT2D eigenvalue weighted by Gasteiger charge is 2.31. The average molecular weight is 520 g/mol. The molecular weight excluding hydrogens is 486 g/mol. The Kier molecular flexibility index (Phi) is 7.40. The summed E-state index contributed by atoms with van der Waals surface area (Å²) in [6.45, 7) is 11.0. The van der Waals surface area contributed by atoms with Crippen molar-refractivity contribution < 1.29 is 14.4 Å². The van der Waals surface area contributed by atoms with Gasteiger partial charge < -0.3 is 25.1 Å². The molecule has 1 amide bonds. The van der Waals surface area contributed by atoms with Gasteiger partial charge in [-0.15, -0.1) is 0 Å². The number of rotatable bonds is 7. The molecule has 12 heteroatoms. The van der Waals surface area contributed by atoms with Crippen LogP contribution in [0.15, 0.2) is 30.6 Å². The third-order valence-electron chi connectivity index (χ3n) is 6.78. The van der Waals surface area contributed by atoms with Gasteiger partial charge in [0.2, 0.25) is 11.9 Å². The molecule has 0 bridgehead atoms. The molecule has 3 N–H and O–H groups in total. The number of carbonyl (C=O) groups is 1. The summed E-state index contributed by atoms with van der Waals surface area (Å²) in [6.07, 6.45) is 3.31. The number of anilines is 5. The van der Waals surface area contributed by atoms with Crippen LogP contribution < -0.4 is 25.9 Å². The fourth-order valence-corrected chi connectivity index (χ4v) is 4.72. The highest BCUT2D eigenvalue weighted by molar-refractivity contribution is 5.87. The van der Waals surface area contributed by atoms with Gasteiger partial charge in [0.15, 0.2) is 5.82 Å². The summed E-state index contributed by atoms with van der Waals surface area (Å²) in [6, 6.07) is 5.97. The summed E-state index contributed by atoms with van der Waals surface area (Å²) in [5.74, 6) is 1.28. The van der Waals surface area contributed by atoms with E-state index in [2.05, 4.69) is 45.0 Å². The number of nitrogen functional groups attached to an aromatic ring is 1. The van der Waals surface area contributed by atoms with Crippen molar-refractivity contribution in [3.8, 4) is 11.3 Å². The van der Waals surface area contributed by atoms with Crippen LogP contribution in [-0.2, 0) is 16.0 Å². The zero-order chi connectivity index (χ0) is 26.6. The minimum Gasteiger partial charge on any atom is -0.378 e. The van der Waals surface area contributed by atoms with Gasteiger partial charge in [0.05, 0.1) is 25.5 Å². The number of fused-ring (bicyclic) bond motifs is 1. The van der Waals surface area contributed by atoms with Crippen molar-refractivity contribution in [1.29, 1.82) is 0 Å². The summed E-state index contributed by atoms with van der Waals surface area (Å²) in [5, 5.41) is 4.40. The molecule has 0 saturated carbocycles. The number of nitrogens with zero attached hydrogens (tertiary/aromatic N) is 7. The van der Waals surface area contributed by atoms with E-state index in [1.54, 1.807) is 12.4 Å². The Morgan fingerprint density at radius 1 is 1.13 bits per heavy atom. The average Bonchev–Trinajstić information content (AvgIpc) is 3.33. The lowest BCUT2D eigenvalue weighted by Crippen LogP contribution is -2.37. The van der Waals surface area contributed by atoms with Gasteiger partial charge in [-0.05, 0) is 51.0 Å². The third-order valence-corrected chi connectivity index (χ3v) is 6.78. The first-order chi connectivity index (χ1) is 18.5. The molecule has 4 heterocycles. The second-order valence-electron chi connectivity index (χ2n) is 9.13. The Bertz CT molecular complexity index is 1290. The van der Waals surface area contributed by atoms with Gasteiger partial charge >= 0.3 is 6.09 Å². The number of hydrogen-bond acceptors (Lipinski definition) is 11. The van der Waals surface area contributed by atoms with Crippen LogP contribution in [-0.4, -0.2) is 72.0 Å². The molecular formula is C26H33N9O3. The van der Waals surface area contributed by atoms with Crippen molar-refractivity contribution >= 4 is 35.2 Å². The third kappa shape index (κ3) is 5.25. The Morgan fingerprint density at radius 3 is 2.55 bits per heavy atom. The molecule has 0 spiro atoms. The zero-order valence-electron chi connectivity index (χ0n) is 22.0. The normalized spacial score (nSPS) is 14.8. The van der Waals surface area contributed by atoms with Gasteiger partial charge in [-0.1, -0.05) is 0 Å². The van der Waals surface area contributed by atoms with E-state index in [0.29, 0.717) is 62.4 Å². The maximum atomic E-state index is 13.0. The molecule has 1 fully saturated rings. The van der Waals surface area contributed by atoms with Gasteiger partial charge in [-0.2, -0.15) is 10.0 Å². The van der Waals surface area contributed by atoms with Gasteiger partial charge in [0, 0.05) is 61.1 Å². The standard InChI is InChI=1S/C26H33N9O3/c1-4-33(5-2)19-6-7-21(17(3)14-19)30-26(36)38-35-9-8-20-22(18-15-28-24(27)29-16-18)31-25(32-23(20)35)34-10-12-37-13-11-34/h6-7,14-16H,4-5,8-13H2,1-3H3,(H,30,36)(H2,27,28,29). The SMILES string of the molecule is CCN(CC)c1ccc(NC(=O)ON2CCc3c(-c4cnc(N)nc4)nc(N4CCOCC4)nc32)c(C)c1. The highest BCUT2D eigenvalue weighted by atomic mass is 16.7. The van der Waals surface area contributed by atoms with Gasteiger partial charge in [0.25, 0.3) is 0 Å². The number of carbonyl (C=O) groups excluding carboxylic acids is 1. The van der Waals surface area contributed by atoms with Crippen molar-refractivity contribution in [2.24, 2.45) is 0 Å². The van der Waals surface area contributed by atoms with Crippen molar-refractivity contribution in [3.05, 3.63) is 41.7 Å². The lowest BCUT2D eigenvalue weighted by molar-refractivity contribution is 0.122. The van der Waals surface area contributed by atoms with E-state index in [9.17, 15) is 4.79 Å². The van der Waals surface area contributed by atoms with Crippen LogP contribution in [0.1, 0.15) is 25.0 Å². The molecule has 0 aliphatic carbocycles. The minimum absolute atomic E-state index is 0.190. The molecule has 3 aromatic rings.